The van der Waals surface area contributed by atoms with Gasteiger partial charge < -0.3 is 14.8 Å². The smallest absolute Gasteiger partial charge is 0.264 e. The van der Waals surface area contributed by atoms with Crippen molar-refractivity contribution in [2.45, 2.75) is 26.8 Å². The second-order valence-corrected chi connectivity index (χ2v) is 6.75. The Kier molecular flexibility index (Phi) is 5.86. The number of methoxy groups -OCH3 is 1. The lowest BCUT2D eigenvalue weighted by atomic mass is 10.0. The predicted octanol–water partition coefficient (Wildman–Crippen LogP) is 2.98. The van der Waals surface area contributed by atoms with Gasteiger partial charge in [0.2, 0.25) is 5.91 Å². The normalized spacial score (nSPS) is 13.7. The van der Waals surface area contributed by atoms with Crippen molar-refractivity contribution in [2.75, 3.05) is 19.0 Å². The first-order valence-corrected chi connectivity index (χ1v) is 9.39. The number of imide groups is 1. The fourth-order valence-corrected chi connectivity index (χ4v) is 3.53. The van der Waals surface area contributed by atoms with E-state index in [4.69, 9.17) is 9.47 Å². The van der Waals surface area contributed by atoms with Gasteiger partial charge in [-0.3, -0.25) is 24.1 Å². The first-order chi connectivity index (χ1) is 14.3. The Balaban J connectivity index is 2.09. The van der Waals surface area contributed by atoms with Crippen LogP contribution in [0.1, 0.15) is 53.1 Å². The summed E-state index contributed by atoms with van der Waals surface area (Å²) >= 11 is 0. The van der Waals surface area contributed by atoms with E-state index >= 15 is 0 Å². The molecule has 1 unspecified atom stereocenters. The number of anilines is 1. The highest BCUT2D eigenvalue weighted by molar-refractivity contribution is 6.25. The number of nitrogens with one attached hydrogen (secondary N) is 1. The van der Waals surface area contributed by atoms with Gasteiger partial charge in [-0.05, 0) is 43.7 Å². The molecule has 0 aromatic heterocycles. The molecule has 2 aromatic rings. The number of hydrogen-bond donors (Lipinski definition) is 1. The van der Waals surface area contributed by atoms with Crippen LogP contribution in [0.25, 0.3) is 0 Å². The van der Waals surface area contributed by atoms with Crippen LogP contribution in [0.3, 0.4) is 0 Å². The molecule has 0 spiro atoms. The molecule has 156 valence electrons. The zero-order valence-corrected chi connectivity index (χ0v) is 17.1. The van der Waals surface area contributed by atoms with Crippen molar-refractivity contribution >= 4 is 29.2 Å². The van der Waals surface area contributed by atoms with Gasteiger partial charge in [-0.15, -0.1) is 0 Å². The molecule has 1 aliphatic heterocycles. The summed E-state index contributed by atoms with van der Waals surface area (Å²) in [5, 5.41) is 2.57. The summed E-state index contributed by atoms with van der Waals surface area (Å²) in [6.45, 7) is 4.80. The van der Waals surface area contributed by atoms with E-state index in [1.54, 1.807) is 24.3 Å². The lowest BCUT2D eigenvalue weighted by Crippen LogP contribution is -2.37. The molecule has 1 atom stereocenters. The lowest BCUT2D eigenvalue weighted by molar-refractivity contribution is -0.121. The van der Waals surface area contributed by atoms with Crippen molar-refractivity contribution in [2.24, 2.45) is 0 Å². The highest BCUT2D eigenvalue weighted by atomic mass is 16.5. The molecule has 0 radical (unpaired) electrons. The molecule has 2 aromatic carbocycles. The van der Waals surface area contributed by atoms with Crippen LogP contribution < -0.4 is 14.8 Å². The molecule has 8 nitrogen and oxygen atoms in total. The van der Waals surface area contributed by atoms with Crippen molar-refractivity contribution in [1.82, 2.24) is 4.90 Å². The number of Topliss-reactive ketones (excluding diaryl/α,β-unsaturated/α-hetero) is 1. The number of benzene rings is 2. The Morgan fingerprint density at radius 2 is 1.80 bits per heavy atom. The molecule has 0 saturated carbocycles. The first kappa shape index (κ1) is 21.0. The Morgan fingerprint density at radius 3 is 2.40 bits per heavy atom. The predicted molar refractivity (Wildman–Crippen MR) is 109 cm³/mol. The fourth-order valence-electron chi connectivity index (χ4n) is 3.53. The quantitative estimate of drug-likeness (QED) is 0.704. The van der Waals surface area contributed by atoms with E-state index in [0.717, 1.165) is 4.90 Å². The maximum Gasteiger partial charge on any atom is 0.264 e. The van der Waals surface area contributed by atoms with Crippen LogP contribution in [0, 0.1) is 0 Å². The third kappa shape index (κ3) is 3.63. The molecule has 0 saturated heterocycles. The Morgan fingerprint density at radius 1 is 1.07 bits per heavy atom. The SMILES string of the molecule is CCOc1cc(C(C(C)=O)N2C(=O)c3cccc(NC(C)=O)c3C2=O)ccc1OC. The van der Waals surface area contributed by atoms with Crippen molar-refractivity contribution in [3.8, 4) is 11.5 Å². The Labute approximate surface area is 173 Å². The van der Waals surface area contributed by atoms with E-state index in [1.165, 1.54) is 33.1 Å². The van der Waals surface area contributed by atoms with Crippen LogP contribution in [0.2, 0.25) is 0 Å². The van der Waals surface area contributed by atoms with Gasteiger partial charge in [0.05, 0.1) is 30.5 Å². The zero-order valence-electron chi connectivity index (χ0n) is 17.1. The standard InChI is InChI=1S/C22H22N2O6/c1-5-30-18-11-14(9-10-17(18)29-4)20(12(2)25)24-21(27)15-7-6-8-16(23-13(3)26)19(15)22(24)28/h6-11,20H,5H2,1-4H3,(H,23,26). The zero-order chi connectivity index (χ0) is 22.0. The van der Waals surface area contributed by atoms with Crippen molar-refractivity contribution in [1.29, 1.82) is 0 Å². The van der Waals surface area contributed by atoms with Crippen LogP contribution in [0.5, 0.6) is 11.5 Å². The summed E-state index contributed by atoms with van der Waals surface area (Å²) in [6, 6.07) is 8.29. The van der Waals surface area contributed by atoms with Crippen LogP contribution in [0.4, 0.5) is 5.69 Å². The summed E-state index contributed by atoms with van der Waals surface area (Å²) in [6.07, 6.45) is 0. The van der Waals surface area contributed by atoms with Crippen LogP contribution in [0.15, 0.2) is 36.4 Å². The van der Waals surface area contributed by atoms with Crippen molar-refractivity contribution in [3.05, 3.63) is 53.1 Å². The van der Waals surface area contributed by atoms with Gasteiger partial charge in [0, 0.05) is 6.92 Å². The van der Waals surface area contributed by atoms with Gasteiger partial charge >= 0.3 is 0 Å². The van der Waals surface area contributed by atoms with E-state index in [0.29, 0.717) is 23.7 Å². The number of rotatable bonds is 7. The summed E-state index contributed by atoms with van der Waals surface area (Å²) < 4.78 is 10.8. The maximum absolute atomic E-state index is 13.2. The molecule has 8 heteroatoms. The molecule has 3 amide bonds. The summed E-state index contributed by atoms with van der Waals surface area (Å²) in [5.74, 6) is -1.14. The molecular formula is C22H22N2O6. The van der Waals surface area contributed by atoms with Gasteiger partial charge in [0.25, 0.3) is 11.8 Å². The number of fused-ring (bicyclic) bond motifs is 1. The average Bonchev–Trinajstić information content (AvgIpc) is 2.94. The van der Waals surface area contributed by atoms with Crippen LogP contribution >= 0.6 is 0 Å². The summed E-state index contributed by atoms with van der Waals surface area (Å²) in [5.41, 5.74) is 0.855. The van der Waals surface area contributed by atoms with Gasteiger partial charge in [-0.2, -0.15) is 0 Å². The number of ketones is 1. The molecule has 1 N–H and O–H groups in total. The van der Waals surface area contributed by atoms with Gasteiger partial charge in [0.15, 0.2) is 17.3 Å². The average molecular weight is 410 g/mol. The minimum Gasteiger partial charge on any atom is -0.493 e. The van der Waals surface area contributed by atoms with Gasteiger partial charge in [-0.25, -0.2) is 0 Å². The molecule has 0 aliphatic carbocycles. The van der Waals surface area contributed by atoms with E-state index in [-0.39, 0.29) is 22.7 Å². The number of hydrogen-bond acceptors (Lipinski definition) is 6. The van der Waals surface area contributed by atoms with E-state index < -0.39 is 23.6 Å². The third-order valence-corrected chi connectivity index (χ3v) is 4.70. The fraction of sp³-hybridized carbons (Fsp3) is 0.273. The number of amides is 3. The van der Waals surface area contributed by atoms with Gasteiger partial charge in [-0.1, -0.05) is 12.1 Å². The third-order valence-electron chi connectivity index (χ3n) is 4.70. The minimum absolute atomic E-state index is 0.0718. The van der Waals surface area contributed by atoms with Crippen molar-refractivity contribution < 1.29 is 28.7 Å². The number of ether oxygens (including phenoxy) is 2. The summed E-state index contributed by atoms with van der Waals surface area (Å²) in [7, 11) is 1.49. The lowest BCUT2D eigenvalue weighted by Gasteiger charge is -2.25. The molecule has 30 heavy (non-hydrogen) atoms. The molecule has 0 bridgehead atoms. The van der Waals surface area contributed by atoms with E-state index in [2.05, 4.69) is 5.32 Å². The van der Waals surface area contributed by atoms with Crippen LogP contribution in [-0.4, -0.2) is 42.1 Å². The molecule has 0 fully saturated rings. The number of nitrogens with zero attached hydrogens (tertiary/aromatic N) is 1. The van der Waals surface area contributed by atoms with E-state index in [1.807, 2.05) is 6.92 Å². The molecule has 1 heterocycles. The minimum atomic E-state index is -1.15. The van der Waals surface area contributed by atoms with Gasteiger partial charge in [0.1, 0.15) is 6.04 Å². The number of carbonyl (C=O) groups is 4. The molecule has 3 rings (SSSR count). The Bertz CT molecular complexity index is 1050. The topological polar surface area (TPSA) is 102 Å². The largest absolute Gasteiger partial charge is 0.493 e. The highest BCUT2D eigenvalue weighted by Crippen LogP contribution is 2.38. The second-order valence-electron chi connectivity index (χ2n) is 6.75. The number of carbonyl (C=O) groups excluding carboxylic acids is 4. The Hall–Kier alpha value is -3.68. The van der Waals surface area contributed by atoms with Crippen LogP contribution in [-0.2, 0) is 9.59 Å². The highest BCUT2D eigenvalue weighted by Gasteiger charge is 2.44. The van der Waals surface area contributed by atoms with Crippen molar-refractivity contribution in [3.63, 3.8) is 0 Å². The van der Waals surface area contributed by atoms with E-state index in [9.17, 15) is 19.2 Å². The maximum atomic E-state index is 13.2. The first-order valence-electron chi connectivity index (χ1n) is 9.39. The second kappa shape index (κ2) is 8.36. The monoisotopic (exact) mass is 410 g/mol. The molecule has 1 aliphatic rings. The molecular weight excluding hydrogens is 388 g/mol. The summed E-state index contributed by atoms with van der Waals surface area (Å²) in [4.78, 5) is 51.3.